The van der Waals surface area contributed by atoms with Crippen molar-refractivity contribution in [1.82, 2.24) is 0 Å². The third kappa shape index (κ3) is 1.60. The number of benzene rings is 2. The first-order chi connectivity index (χ1) is 9.56. The molecule has 2 N–H and O–H groups in total. The lowest BCUT2D eigenvalue weighted by Crippen LogP contribution is -2.23. The number of carbonyl (C=O) groups is 2. The Hall–Kier alpha value is -2.13. The molecule has 100 valence electrons. The van der Waals surface area contributed by atoms with Gasteiger partial charge in [-0.2, -0.15) is 0 Å². The number of ketones is 2. The zero-order valence-corrected chi connectivity index (χ0v) is 11.6. The van der Waals surface area contributed by atoms with Gasteiger partial charge in [0.1, 0.15) is 0 Å². The van der Waals surface area contributed by atoms with Crippen molar-refractivity contribution in [2.45, 2.75) is 13.3 Å². The summed E-state index contributed by atoms with van der Waals surface area (Å²) < 4.78 is 0. The van der Waals surface area contributed by atoms with Crippen molar-refractivity contribution < 1.29 is 9.59 Å². The smallest absolute Gasteiger partial charge is 0.196 e. The lowest BCUT2D eigenvalue weighted by atomic mass is 9.82. The molecule has 0 saturated heterocycles. The van der Waals surface area contributed by atoms with Crippen LogP contribution in [0.3, 0.4) is 0 Å². The Labute approximate surface area is 121 Å². The largest absolute Gasteiger partial charge is 0.398 e. The van der Waals surface area contributed by atoms with Gasteiger partial charge in [-0.3, -0.25) is 9.59 Å². The van der Waals surface area contributed by atoms with Crippen molar-refractivity contribution >= 4 is 28.9 Å². The predicted octanol–water partition coefficient (Wildman–Crippen LogP) is 3.26. The lowest BCUT2D eigenvalue weighted by Gasteiger charge is -2.21. The van der Waals surface area contributed by atoms with Crippen molar-refractivity contribution in [2.75, 3.05) is 5.73 Å². The molecule has 0 radical (unpaired) electrons. The van der Waals surface area contributed by atoms with Gasteiger partial charge in [-0.05, 0) is 18.1 Å². The first-order valence-corrected chi connectivity index (χ1v) is 6.73. The highest BCUT2D eigenvalue weighted by atomic mass is 35.5. The maximum Gasteiger partial charge on any atom is 0.196 e. The summed E-state index contributed by atoms with van der Waals surface area (Å²) in [7, 11) is 0. The standard InChI is InChI=1S/C16H12ClNO2/c1-2-8-7-11(17)12-13(14(8)18)16(20)10-6-4-3-5-9(10)15(12)19/h3-7H,2,18H2,1H3. The van der Waals surface area contributed by atoms with Gasteiger partial charge in [-0.1, -0.05) is 42.8 Å². The Morgan fingerprint density at radius 1 is 1.05 bits per heavy atom. The third-order valence-corrected chi connectivity index (χ3v) is 3.95. The van der Waals surface area contributed by atoms with Crippen molar-refractivity contribution in [1.29, 1.82) is 0 Å². The number of anilines is 1. The lowest BCUT2D eigenvalue weighted by molar-refractivity contribution is 0.0979. The number of nitrogens with two attached hydrogens (primary N) is 1. The van der Waals surface area contributed by atoms with Crippen LogP contribution in [-0.2, 0) is 6.42 Å². The predicted molar refractivity (Wildman–Crippen MR) is 78.5 cm³/mol. The van der Waals surface area contributed by atoms with Gasteiger partial charge in [-0.15, -0.1) is 0 Å². The molecule has 0 unspecified atom stereocenters. The summed E-state index contributed by atoms with van der Waals surface area (Å²) in [4.78, 5) is 25.1. The molecule has 4 heteroatoms. The summed E-state index contributed by atoms with van der Waals surface area (Å²) in [6.07, 6.45) is 0.655. The SMILES string of the molecule is CCc1cc(Cl)c2c(c1N)C(=O)c1ccccc1C2=O. The van der Waals surface area contributed by atoms with E-state index in [1.807, 2.05) is 6.92 Å². The Morgan fingerprint density at radius 3 is 2.15 bits per heavy atom. The van der Waals surface area contributed by atoms with Crippen molar-refractivity contribution in [2.24, 2.45) is 0 Å². The number of rotatable bonds is 1. The molecule has 20 heavy (non-hydrogen) atoms. The summed E-state index contributed by atoms with van der Waals surface area (Å²) in [6.45, 7) is 1.93. The second-order valence-electron chi connectivity index (χ2n) is 4.74. The number of fused-ring (bicyclic) bond motifs is 2. The van der Waals surface area contributed by atoms with Crippen LogP contribution in [0, 0.1) is 0 Å². The number of hydrogen-bond donors (Lipinski definition) is 1. The van der Waals surface area contributed by atoms with E-state index in [4.69, 9.17) is 17.3 Å². The minimum absolute atomic E-state index is 0.227. The molecule has 0 atom stereocenters. The number of aryl methyl sites for hydroxylation is 1. The quantitative estimate of drug-likeness (QED) is 0.698. The maximum absolute atomic E-state index is 12.6. The monoisotopic (exact) mass is 285 g/mol. The van der Waals surface area contributed by atoms with Crippen LogP contribution in [0.4, 0.5) is 5.69 Å². The average Bonchev–Trinajstić information content (AvgIpc) is 2.46. The molecule has 1 aliphatic carbocycles. The summed E-state index contributed by atoms with van der Waals surface area (Å²) in [6, 6.07) is 8.42. The van der Waals surface area contributed by atoms with Crippen LogP contribution in [-0.4, -0.2) is 11.6 Å². The zero-order valence-electron chi connectivity index (χ0n) is 10.9. The molecule has 1 aliphatic rings. The van der Waals surface area contributed by atoms with Crippen molar-refractivity contribution in [3.8, 4) is 0 Å². The average molecular weight is 286 g/mol. The van der Waals surface area contributed by atoms with E-state index < -0.39 is 0 Å². The molecule has 0 fully saturated rings. The molecule has 0 aromatic heterocycles. The summed E-state index contributed by atoms with van der Waals surface area (Å²) in [5.74, 6) is -0.473. The van der Waals surface area contributed by atoms with E-state index in [2.05, 4.69) is 0 Å². The van der Waals surface area contributed by atoms with E-state index in [-0.39, 0.29) is 22.7 Å². The van der Waals surface area contributed by atoms with Gasteiger partial charge in [0.05, 0.1) is 16.1 Å². The van der Waals surface area contributed by atoms with Crippen LogP contribution in [0.2, 0.25) is 5.02 Å². The van der Waals surface area contributed by atoms with Crippen LogP contribution in [0.5, 0.6) is 0 Å². The van der Waals surface area contributed by atoms with Gasteiger partial charge >= 0.3 is 0 Å². The van der Waals surface area contributed by atoms with Gasteiger partial charge in [0.15, 0.2) is 11.6 Å². The van der Waals surface area contributed by atoms with Gasteiger partial charge in [0, 0.05) is 16.8 Å². The van der Waals surface area contributed by atoms with Gasteiger partial charge in [0.25, 0.3) is 0 Å². The Morgan fingerprint density at radius 2 is 1.60 bits per heavy atom. The van der Waals surface area contributed by atoms with E-state index in [1.165, 1.54) is 0 Å². The second-order valence-corrected chi connectivity index (χ2v) is 5.15. The maximum atomic E-state index is 12.6. The highest BCUT2D eigenvalue weighted by molar-refractivity contribution is 6.40. The fourth-order valence-corrected chi connectivity index (χ4v) is 2.93. The van der Waals surface area contributed by atoms with E-state index in [1.54, 1.807) is 30.3 Å². The van der Waals surface area contributed by atoms with E-state index in [9.17, 15) is 9.59 Å². The van der Waals surface area contributed by atoms with Crippen LogP contribution in [0.1, 0.15) is 44.3 Å². The molecule has 0 aliphatic heterocycles. The van der Waals surface area contributed by atoms with Crippen molar-refractivity contribution in [3.63, 3.8) is 0 Å². The van der Waals surface area contributed by atoms with Crippen LogP contribution in [0.25, 0.3) is 0 Å². The van der Waals surface area contributed by atoms with Gasteiger partial charge < -0.3 is 5.73 Å². The van der Waals surface area contributed by atoms with Crippen molar-refractivity contribution in [3.05, 3.63) is 63.2 Å². The number of halogens is 1. The highest BCUT2D eigenvalue weighted by Crippen LogP contribution is 2.37. The minimum Gasteiger partial charge on any atom is -0.398 e. The first kappa shape index (κ1) is 12.9. The molecular weight excluding hydrogens is 274 g/mol. The molecule has 0 heterocycles. The van der Waals surface area contributed by atoms with E-state index in [0.29, 0.717) is 28.3 Å². The molecular formula is C16H12ClNO2. The van der Waals surface area contributed by atoms with E-state index in [0.717, 1.165) is 5.56 Å². The van der Waals surface area contributed by atoms with E-state index >= 15 is 0 Å². The molecule has 0 saturated carbocycles. The molecule has 0 spiro atoms. The number of carbonyl (C=O) groups excluding carboxylic acids is 2. The first-order valence-electron chi connectivity index (χ1n) is 6.35. The number of nitrogen functional groups attached to an aromatic ring is 1. The van der Waals surface area contributed by atoms with Gasteiger partial charge in [0.2, 0.25) is 0 Å². The van der Waals surface area contributed by atoms with Crippen LogP contribution in [0.15, 0.2) is 30.3 Å². The minimum atomic E-state index is -0.241. The topological polar surface area (TPSA) is 60.2 Å². The third-order valence-electron chi connectivity index (χ3n) is 3.66. The Balaban J connectivity index is 2.39. The Bertz CT molecular complexity index is 765. The molecule has 2 aromatic rings. The second kappa shape index (κ2) is 4.46. The Kier molecular flexibility index (Phi) is 2.87. The fourth-order valence-electron chi connectivity index (χ4n) is 2.62. The molecule has 0 amide bonds. The summed E-state index contributed by atoms with van der Waals surface area (Å²) >= 11 is 6.20. The zero-order chi connectivity index (χ0) is 14.4. The number of hydrogen-bond acceptors (Lipinski definition) is 3. The molecule has 2 aromatic carbocycles. The molecule has 0 bridgehead atoms. The van der Waals surface area contributed by atoms with Crippen LogP contribution < -0.4 is 5.73 Å². The van der Waals surface area contributed by atoms with Crippen LogP contribution >= 0.6 is 11.6 Å². The summed E-state index contributed by atoms with van der Waals surface area (Å²) in [5, 5.41) is 0.291. The molecule has 3 rings (SSSR count). The highest BCUT2D eigenvalue weighted by Gasteiger charge is 2.33. The summed E-state index contributed by atoms with van der Waals surface area (Å²) in [5.41, 5.74) is 8.46. The normalized spacial score (nSPS) is 13.1. The molecule has 3 nitrogen and oxygen atoms in total. The van der Waals surface area contributed by atoms with Gasteiger partial charge in [-0.25, -0.2) is 0 Å². The fraction of sp³-hybridized carbons (Fsp3) is 0.125.